The van der Waals surface area contributed by atoms with E-state index in [2.05, 4.69) is 36.5 Å². The average molecular weight is 363 g/mol. The Bertz CT molecular complexity index is 673. The second-order valence-corrected chi connectivity index (χ2v) is 6.37. The third-order valence-electron chi connectivity index (χ3n) is 2.84. The summed E-state index contributed by atoms with van der Waals surface area (Å²) >= 11 is 3.42. The van der Waals surface area contributed by atoms with E-state index >= 15 is 0 Å². The van der Waals surface area contributed by atoms with Crippen LogP contribution in [-0.2, 0) is 0 Å². The highest BCUT2D eigenvalue weighted by molar-refractivity contribution is 9.10. The minimum atomic E-state index is -0.184. The van der Waals surface area contributed by atoms with Crippen LogP contribution in [0.15, 0.2) is 34.8 Å². The zero-order valence-corrected chi connectivity index (χ0v) is 14.4. The van der Waals surface area contributed by atoms with Crippen molar-refractivity contribution >= 4 is 33.5 Å². The number of carbonyl (C=O) groups is 1. The van der Waals surface area contributed by atoms with Gasteiger partial charge in [0.25, 0.3) is 5.91 Å². The van der Waals surface area contributed by atoms with Gasteiger partial charge >= 0.3 is 0 Å². The van der Waals surface area contributed by atoms with Crippen molar-refractivity contribution < 1.29 is 4.79 Å². The van der Waals surface area contributed by atoms with E-state index in [1.54, 1.807) is 6.07 Å². The number of aryl methyl sites for hydroxylation is 1. The van der Waals surface area contributed by atoms with E-state index in [0.717, 1.165) is 15.9 Å². The second kappa shape index (κ2) is 7.35. The number of halogens is 1. The summed E-state index contributed by atoms with van der Waals surface area (Å²) < 4.78 is 0.958. The van der Waals surface area contributed by atoms with Gasteiger partial charge in [-0.25, -0.2) is 9.97 Å². The van der Waals surface area contributed by atoms with Crippen molar-refractivity contribution in [2.75, 3.05) is 11.9 Å². The van der Waals surface area contributed by atoms with Crippen LogP contribution in [0.3, 0.4) is 0 Å². The first kappa shape index (κ1) is 16.4. The largest absolute Gasteiger partial charge is 0.350 e. The molecular weight excluding hydrogens is 344 g/mol. The lowest BCUT2D eigenvalue weighted by Gasteiger charge is -2.10. The van der Waals surface area contributed by atoms with Crippen LogP contribution in [0.2, 0.25) is 0 Å². The highest BCUT2D eigenvalue weighted by atomic mass is 79.9. The first-order valence-corrected chi connectivity index (χ1v) is 7.90. The van der Waals surface area contributed by atoms with Gasteiger partial charge in [0.05, 0.1) is 0 Å². The Morgan fingerprint density at radius 2 is 2.05 bits per heavy atom. The van der Waals surface area contributed by atoms with Crippen LogP contribution in [0.1, 0.15) is 30.0 Å². The SMILES string of the molecule is Cc1cc(C(=O)NCC(C)C)nc(Nc2cccc(Br)c2)n1. The van der Waals surface area contributed by atoms with Gasteiger partial charge in [-0.3, -0.25) is 4.79 Å². The molecule has 0 saturated heterocycles. The molecule has 22 heavy (non-hydrogen) atoms. The lowest BCUT2D eigenvalue weighted by atomic mass is 10.2. The summed E-state index contributed by atoms with van der Waals surface area (Å²) in [7, 11) is 0. The van der Waals surface area contributed by atoms with Gasteiger partial charge < -0.3 is 10.6 Å². The fraction of sp³-hybridized carbons (Fsp3) is 0.312. The minimum absolute atomic E-state index is 0.184. The van der Waals surface area contributed by atoms with Crippen LogP contribution in [0, 0.1) is 12.8 Å². The van der Waals surface area contributed by atoms with E-state index < -0.39 is 0 Å². The third-order valence-corrected chi connectivity index (χ3v) is 3.33. The van der Waals surface area contributed by atoms with Crippen LogP contribution in [0.5, 0.6) is 0 Å². The molecule has 6 heteroatoms. The molecule has 0 spiro atoms. The molecule has 0 unspecified atom stereocenters. The number of amides is 1. The maximum absolute atomic E-state index is 12.1. The fourth-order valence-electron chi connectivity index (χ4n) is 1.82. The van der Waals surface area contributed by atoms with Crippen molar-refractivity contribution in [3.63, 3.8) is 0 Å². The zero-order valence-electron chi connectivity index (χ0n) is 12.9. The normalized spacial score (nSPS) is 10.6. The number of anilines is 2. The smallest absolute Gasteiger partial charge is 0.270 e. The summed E-state index contributed by atoms with van der Waals surface area (Å²) in [5.41, 5.74) is 1.96. The van der Waals surface area contributed by atoms with Crippen LogP contribution in [0.4, 0.5) is 11.6 Å². The second-order valence-electron chi connectivity index (χ2n) is 5.46. The lowest BCUT2D eigenvalue weighted by Crippen LogP contribution is -2.28. The standard InChI is InChI=1S/C16H19BrN4O/c1-10(2)9-18-15(22)14-7-11(3)19-16(21-14)20-13-6-4-5-12(17)8-13/h4-8,10H,9H2,1-3H3,(H,18,22)(H,19,20,21). The average Bonchev–Trinajstić information content (AvgIpc) is 2.44. The molecule has 2 N–H and O–H groups in total. The topological polar surface area (TPSA) is 66.9 Å². The number of hydrogen-bond acceptors (Lipinski definition) is 4. The summed E-state index contributed by atoms with van der Waals surface area (Å²) in [4.78, 5) is 20.7. The molecule has 1 heterocycles. The Balaban J connectivity index is 2.17. The molecule has 1 amide bonds. The summed E-state index contributed by atoms with van der Waals surface area (Å²) in [6.07, 6.45) is 0. The molecule has 2 aromatic rings. The van der Waals surface area contributed by atoms with Crippen LogP contribution in [0.25, 0.3) is 0 Å². The van der Waals surface area contributed by atoms with Crippen LogP contribution in [-0.4, -0.2) is 22.4 Å². The first-order valence-electron chi connectivity index (χ1n) is 7.10. The van der Waals surface area contributed by atoms with Crippen molar-refractivity contribution in [2.24, 2.45) is 5.92 Å². The molecule has 0 bridgehead atoms. The van der Waals surface area contributed by atoms with E-state index in [1.807, 2.05) is 45.0 Å². The van der Waals surface area contributed by atoms with E-state index in [-0.39, 0.29) is 5.91 Å². The number of aromatic nitrogens is 2. The predicted octanol–water partition coefficient (Wildman–Crippen LogP) is 3.68. The van der Waals surface area contributed by atoms with Gasteiger partial charge in [0, 0.05) is 22.4 Å². The van der Waals surface area contributed by atoms with Gasteiger partial charge in [-0.05, 0) is 37.1 Å². The maximum Gasteiger partial charge on any atom is 0.270 e. The van der Waals surface area contributed by atoms with E-state index in [1.165, 1.54) is 0 Å². The zero-order chi connectivity index (χ0) is 16.1. The molecule has 0 saturated carbocycles. The molecular formula is C16H19BrN4O. The molecule has 0 fully saturated rings. The first-order chi connectivity index (χ1) is 10.4. The van der Waals surface area contributed by atoms with Gasteiger partial charge in [-0.15, -0.1) is 0 Å². The highest BCUT2D eigenvalue weighted by Crippen LogP contribution is 2.18. The Morgan fingerprint density at radius 1 is 1.27 bits per heavy atom. The number of benzene rings is 1. The van der Waals surface area contributed by atoms with Crippen LogP contribution < -0.4 is 10.6 Å². The lowest BCUT2D eigenvalue weighted by molar-refractivity contribution is 0.0944. The highest BCUT2D eigenvalue weighted by Gasteiger charge is 2.11. The molecule has 0 atom stereocenters. The van der Waals surface area contributed by atoms with E-state index in [9.17, 15) is 4.79 Å². The van der Waals surface area contributed by atoms with Crippen LogP contribution >= 0.6 is 15.9 Å². The van der Waals surface area contributed by atoms with Crippen molar-refractivity contribution in [1.29, 1.82) is 0 Å². The molecule has 116 valence electrons. The van der Waals surface area contributed by atoms with Gasteiger partial charge in [-0.1, -0.05) is 35.8 Å². The Labute approximate surface area is 138 Å². The monoisotopic (exact) mass is 362 g/mol. The van der Waals surface area contributed by atoms with Crippen molar-refractivity contribution in [2.45, 2.75) is 20.8 Å². The number of nitrogens with one attached hydrogen (secondary N) is 2. The van der Waals surface area contributed by atoms with E-state index in [0.29, 0.717) is 24.1 Å². The Kier molecular flexibility index (Phi) is 5.49. The molecule has 0 radical (unpaired) electrons. The maximum atomic E-state index is 12.1. The number of nitrogens with zero attached hydrogens (tertiary/aromatic N) is 2. The molecule has 1 aromatic heterocycles. The molecule has 2 rings (SSSR count). The Morgan fingerprint density at radius 3 is 2.73 bits per heavy atom. The quantitative estimate of drug-likeness (QED) is 0.851. The molecule has 0 aliphatic carbocycles. The predicted molar refractivity (Wildman–Crippen MR) is 91.4 cm³/mol. The molecule has 0 aliphatic rings. The summed E-state index contributed by atoms with van der Waals surface area (Å²) in [5.74, 6) is 0.621. The molecule has 1 aromatic carbocycles. The fourth-order valence-corrected chi connectivity index (χ4v) is 2.22. The minimum Gasteiger partial charge on any atom is -0.350 e. The van der Waals surface area contributed by atoms with Crippen molar-refractivity contribution in [3.8, 4) is 0 Å². The summed E-state index contributed by atoms with van der Waals surface area (Å²) in [5, 5.41) is 5.97. The summed E-state index contributed by atoms with van der Waals surface area (Å²) in [6, 6.07) is 9.37. The molecule has 0 aliphatic heterocycles. The van der Waals surface area contributed by atoms with Crippen molar-refractivity contribution in [3.05, 3.63) is 46.2 Å². The van der Waals surface area contributed by atoms with Gasteiger partial charge in [0.2, 0.25) is 5.95 Å². The van der Waals surface area contributed by atoms with Crippen molar-refractivity contribution in [1.82, 2.24) is 15.3 Å². The van der Waals surface area contributed by atoms with Gasteiger partial charge in [-0.2, -0.15) is 0 Å². The molecule has 5 nitrogen and oxygen atoms in total. The van der Waals surface area contributed by atoms with E-state index in [4.69, 9.17) is 0 Å². The number of hydrogen-bond donors (Lipinski definition) is 2. The van der Waals surface area contributed by atoms with Gasteiger partial charge in [0.1, 0.15) is 5.69 Å². The Hall–Kier alpha value is -1.95. The number of carbonyl (C=O) groups excluding carboxylic acids is 1. The number of rotatable bonds is 5. The third kappa shape index (κ3) is 4.80. The van der Waals surface area contributed by atoms with Gasteiger partial charge in [0.15, 0.2) is 0 Å². The summed E-state index contributed by atoms with van der Waals surface area (Å²) in [6.45, 7) is 6.56.